The number of nitrogens with one attached hydrogen (secondary N) is 1. The monoisotopic (exact) mass is 273 g/mol. The molecule has 0 radical (unpaired) electrons. The van der Waals surface area contributed by atoms with E-state index in [0.29, 0.717) is 0 Å². The van der Waals surface area contributed by atoms with Gasteiger partial charge in [0, 0.05) is 12.7 Å². The molecule has 2 aromatic carbocycles. The van der Waals surface area contributed by atoms with Crippen LogP contribution in [-0.2, 0) is 6.54 Å². The van der Waals surface area contributed by atoms with Gasteiger partial charge in [-0.15, -0.1) is 0 Å². The highest BCUT2D eigenvalue weighted by atomic mass is 15.0. The van der Waals surface area contributed by atoms with Crippen LogP contribution in [0.15, 0.2) is 72.9 Å². The lowest BCUT2D eigenvalue weighted by Gasteiger charge is -2.07. The molecule has 0 fully saturated rings. The van der Waals surface area contributed by atoms with E-state index in [1.807, 2.05) is 24.3 Å². The summed E-state index contributed by atoms with van der Waals surface area (Å²) in [6.07, 6.45) is 2.09. The second-order valence-corrected chi connectivity index (χ2v) is 5.11. The molecule has 0 bridgehead atoms. The van der Waals surface area contributed by atoms with Crippen molar-refractivity contribution >= 4 is 11.0 Å². The van der Waals surface area contributed by atoms with E-state index in [9.17, 15) is 0 Å². The summed E-state index contributed by atoms with van der Waals surface area (Å²) in [6, 6.07) is 22.7. The molecular formula is C18H15N3. The standard InChI is InChI=1S/C18H15N3/c1-2-7-14(8-3-1)13-21-12-6-11-17(21)18-19-15-9-4-5-10-16(15)20-18/h1-12H,13H2,(H,19,20). The van der Waals surface area contributed by atoms with E-state index >= 15 is 0 Å². The third-order valence-corrected chi connectivity index (χ3v) is 3.66. The zero-order valence-corrected chi connectivity index (χ0v) is 11.5. The number of para-hydroxylation sites is 2. The topological polar surface area (TPSA) is 33.6 Å². The first kappa shape index (κ1) is 12.0. The first-order valence-electron chi connectivity index (χ1n) is 7.04. The fourth-order valence-corrected chi connectivity index (χ4v) is 2.62. The Morgan fingerprint density at radius 3 is 2.52 bits per heavy atom. The summed E-state index contributed by atoms with van der Waals surface area (Å²) < 4.78 is 2.22. The average molecular weight is 273 g/mol. The predicted octanol–water partition coefficient (Wildman–Crippen LogP) is 4.08. The second-order valence-electron chi connectivity index (χ2n) is 5.11. The van der Waals surface area contributed by atoms with Crippen LogP contribution in [0.1, 0.15) is 5.56 Å². The number of hydrogen-bond donors (Lipinski definition) is 1. The maximum atomic E-state index is 4.68. The van der Waals surface area contributed by atoms with Crippen LogP contribution >= 0.6 is 0 Å². The summed E-state index contributed by atoms with van der Waals surface area (Å²) in [5, 5.41) is 0. The summed E-state index contributed by atoms with van der Waals surface area (Å²) in [5.41, 5.74) is 4.46. The molecule has 2 heterocycles. The Morgan fingerprint density at radius 2 is 1.67 bits per heavy atom. The molecule has 4 aromatic rings. The second kappa shape index (κ2) is 4.94. The van der Waals surface area contributed by atoms with E-state index in [-0.39, 0.29) is 0 Å². The maximum Gasteiger partial charge on any atom is 0.155 e. The smallest absolute Gasteiger partial charge is 0.155 e. The van der Waals surface area contributed by atoms with Crippen molar-refractivity contribution in [1.82, 2.24) is 14.5 Å². The van der Waals surface area contributed by atoms with Crippen LogP contribution in [-0.4, -0.2) is 14.5 Å². The lowest BCUT2D eigenvalue weighted by Crippen LogP contribution is -2.00. The van der Waals surface area contributed by atoms with Gasteiger partial charge in [-0.25, -0.2) is 4.98 Å². The molecule has 3 nitrogen and oxygen atoms in total. The van der Waals surface area contributed by atoms with Gasteiger partial charge >= 0.3 is 0 Å². The highest BCUT2D eigenvalue weighted by Crippen LogP contribution is 2.21. The largest absolute Gasteiger partial charge is 0.341 e. The summed E-state index contributed by atoms with van der Waals surface area (Å²) in [6.45, 7) is 0.847. The lowest BCUT2D eigenvalue weighted by atomic mass is 10.2. The van der Waals surface area contributed by atoms with Gasteiger partial charge in [0.1, 0.15) is 0 Å². The molecule has 0 aliphatic rings. The molecule has 0 spiro atoms. The van der Waals surface area contributed by atoms with Gasteiger partial charge in [-0.1, -0.05) is 42.5 Å². The van der Waals surface area contributed by atoms with Crippen molar-refractivity contribution in [2.75, 3.05) is 0 Å². The van der Waals surface area contributed by atoms with E-state index in [4.69, 9.17) is 0 Å². The Balaban J connectivity index is 1.74. The quantitative estimate of drug-likeness (QED) is 0.599. The Bertz CT molecular complexity index is 839. The van der Waals surface area contributed by atoms with Crippen molar-refractivity contribution in [2.24, 2.45) is 0 Å². The lowest BCUT2D eigenvalue weighted by molar-refractivity contribution is 0.809. The number of hydrogen-bond acceptors (Lipinski definition) is 1. The van der Waals surface area contributed by atoms with Crippen LogP contribution in [0.25, 0.3) is 22.6 Å². The van der Waals surface area contributed by atoms with Crippen molar-refractivity contribution in [3.63, 3.8) is 0 Å². The highest BCUT2D eigenvalue weighted by molar-refractivity contribution is 5.78. The number of imidazole rings is 1. The van der Waals surface area contributed by atoms with Gasteiger partial charge in [0.15, 0.2) is 5.82 Å². The molecule has 3 heteroatoms. The third-order valence-electron chi connectivity index (χ3n) is 3.66. The Kier molecular flexibility index (Phi) is 2.82. The number of aromatic nitrogens is 3. The molecule has 0 saturated heterocycles. The molecule has 102 valence electrons. The summed E-state index contributed by atoms with van der Waals surface area (Å²) >= 11 is 0. The van der Waals surface area contributed by atoms with Crippen LogP contribution < -0.4 is 0 Å². The number of H-pyrrole nitrogens is 1. The zero-order chi connectivity index (χ0) is 14.1. The molecule has 4 rings (SSSR count). The molecule has 2 aromatic heterocycles. The molecule has 1 N–H and O–H groups in total. The Morgan fingerprint density at radius 1 is 0.857 bits per heavy atom. The molecule has 0 aliphatic heterocycles. The third kappa shape index (κ3) is 2.23. The number of fused-ring (bicyclic) bond motifs is 1. The Labute approximate surface area is 122 Å². The van der Waals surface area contributed by atoms with Crippen molar-refractivity contribution in [1.29, 1.82) is 0 Å². The summed E-state index contributed by atoms with van der Waals surface area (Å²) in [7, 11) is 0. The van der Waals surface area contributed by atoms with Gasteiger partial charge in [-0.2, -0.15) is 0 Å². The fraction of sp³-hybridized carbons (Fsp3) is 0.0556. The fourth-order valence-electron chi connectivity index (χ4n) is 2.62. The van der Waals surface area contributed by atoms with Gasteiger partial charge < -0.3 is 9.55 Å². The number of aromatic amines is 1. The van der Waals surface area contributed by atoms with Crippen LogP contribution in [0.3, 0.4) is 0 Å². The first-order valence-corrected chi connectivity index (χ1v) is 7.04. The molecule has 0 saturated carbocycles. The molecule has 0 aliphatic carbocycles. The van der Waals surface area contributed by atoms with Gasteiger partial charge in [0.05, 0.1) is 16.7 Å². The number of rotatable bonds is 3. The minimum atomic E-state index is 0.847. The maximum absolute atomic E-state index is 4.68. The van der Waals surface area contributed by atoms with E-state index in [2.05, 4.69) is 63.2 Å². The molecule has 0 unspecified atom stereocenters. The van der Waals surface area contributed by atoms with Crippen molar-refractivity contribution in [3.05, 3.63) is 78.5 Å². The molecule has 0 atom stereocenters. The minimum Gasteiger partial charge on any atom is -0.341 e. The summed E-state index contributed by atoms with van der Waals surface area (Å²) in [4.78, 5) is 8.07. The SMILES string of the molecule is c1ccc(Cn2cccc2-c2nc3ccccc3[nH]2)cc1. The van der Waals surface area contributed by atoms with Crippen molar-refractivity contribution in [3.8, 4) is 11.5 Å². The first-order chi connectivity index (χ1) is 10.4. The normalized spacial score (nSPS) is 11.0. The van der Waals surface area contributed by atoms with Gasteiger partial charge in [-0.3, -0.25) is 0 Å². The van der Waals surface area contributed by atoms with Crippen molar-refractivity contribution < 1.29 is 0 Å². The molecule has 21 heavy (non-hydrogen) atoms. The van der Waals surface area contributed by atoms with Crippen LogP contribution in [0.5, 0.6) is 0 Å². The van der Waals surface area contributed by atoms with E-state index in [1.54, 1.807) is 0 Å². The van der Waals surface area contributed by atoms with Crippen LogP contribution in [0, 0.1) is 0 Å². The van der Waals surface area contributed by atoms with E-state index in [0.717, 1.165) is 29.1 Å². The van der Waals surface area contributed by atoms with Crippen molar-refractivity contribution in [2.45, 2.75) is 6.54 Å². The highest BCUT2D eigenvalue weighted by Gasteiger charge is 2.09. The van der Waals surface area contributed by atoms with Gasteiger partial charge in [-0.05, 0) is 29.8 Å². The number of nitrogens with zero attached hydrogens (tertiary/aromatic N) is 2. The van der Waals surface area contributed by atoms with Crippen LogP contribution in [0.2, 0.25) is 0 Å². The zero-order valence-electron chi connectivity index (χ0n) is 11.5. The van der Waals surface area contributed by atoms with E-state index < -0.39 is 0 Å². The van der Waals surface area contributed by atoms with E-state index in [1.165, 1.54) is 5.56 Å². The molecule has 0 amide bonds. The summed E-state index contributed by atoms with van der Waals surface area (Å²) in [5.74, 6) is 0.914. The molecular weight excluding hydrogens is 258 g/mol. The minimum absolute atomic E-state index is 0.847. The Hall–Kier alpha value is -2.81. The van der Waals surface area contributed by atoms with Gasteiger partial charge in [0.25, 0.3) is 0 Å². The average Bonchev–Trinajstić information content (AvgIpc) is 3.14. The van der Waals surface area contributed by atoms with Crippen LogP contribution in [0.4, 0.5) is 0 Å². The van der Waals surface area contributed by atoms with Gasteiger partial charge in [0.2, 0.25) is 0 Å². The predicted molar refractivity (Wildman–Crippen MR) is 85.1 cm³/mol. The number of benzene rings is 2.